The Bertz CT molecular complexity index is 338. The largest absolute Gasteiger partial charge is 0.383 e. The monoisotopic (exact) mass is 207 g/mol. The molecule has 82 valence electrons. The highest BCUT2D eigenvalue weighted by atomic mass is 16.1. The van der Waals surface area contributed by atoms with Gasteiger partial charge in [0.15, 0.2) is 0 Å². The summed E-state index contributed by atoms with van der Waals surface area (Å²) in [7, 11) is 0. The molecule has 0 aliphatic heterocycles. The van der Waals surface area contributed by atoms with Gasteiger partial charge in [0.25, 0.3) is 0 Å². The molecule has 0 amide bonds. The second-order valence-electron chi connectivity index (χ2n) is 3.67. The highest BCUT2D eigenvalue weighted by Gasteiger charge is 2.13. The zero-order valence-corrected chi connectivity index (χ0v) is 8.94. The predicted octanol–water partition coefficient (Wildman–Crippen LogP) is 0.760. The van der Waals surface area contributed by atoms with Crippen LogP contribution in [0.2, 0.25) is 0 Å². The number of ketones is 1. The van der Waals surface area contributed by atoms with E-state index in [2.05, 4.69) is 4.98 Å². The van der Waals surface area contributed by atoms with Gasteiger partial charge in [0.1, 0.15) is 11.6 Å². The Kier molecular flexibility index (Phi) is 4.24. The summed E-state index contributed by atoms with van der Waals surface area (Å²) in [5.74, 6) is 0.598. The predicted molar refractivity (Wildman–Crippen MR) is 60.2 cm³/mol. The van der Waals surface area contributed by atoms with E-state index in [1.807, 2.05) is 13.0 Å². The van der Waals surface area contributed by atoms with Crippen LogP contribution < -0.4 is 11.5 Å². The first-order valence-corrected chi connectivity index (χ1v) is 5.07. The van der Waals surface area contributed by atoms with Crippen LogP contribution in [0.15, 0.2) is 18.3 Å². The van der Waals surface area contributed by atoms with E-state index < -0.39 is 0 Å². The Morgan fingerprint density at radius 3 is 2.93 bits per heavy atom. The molecule has 4 N–H and O–H groups in total. The van der Waals surface area contributed by atoms with Crippen molar-refractivity contribution >= 4 is 11.6 Å². The Morgan fingerprint density at radius 2 is 2.33 bits per heavy atom. The van der Waals surface area contributed by atoms with Crippen molar-refractivity contribution in [2.75, 3.05) is 12.3 Å². The molecule has 0 saturated heterocycles. The summed E-state index contributed by atoms with van der Waals surface area (Å²) in [4.78, 5) is 15.7. The molecule has 0 saturated carbocycles. The average molecular weight is 207 g/mol. The van der Waals surface area contributed by atoms with Gasteiger partial charge < -0.3 is 11.5 Å². The molecule has 0 radical (unpaired) electrons. The maximum absolute atomic E-state index is 11.7. The number of pyridine rings is 1. The standard InChI is InChI=1S/C11H17N3O/c1-8(4-5-12)10(15)7-9-3-2-6-14-11(9)13/h2-3,6,8H,4-5,7,12H2,1H3,(H2,13,14). The van der Waals surface area contributed by atoms with Gasteiger partial charge in [-0.25, -0.2) is 4.98 Å². The highest BCUT2D eigenvalue weighted by Crippen LogP contribution is 2.12. The maximum Gasteiger partial charge on any atom is 0.140 e. The Balaban J connectivity index is 2.62. The van der Waals surface area contributed by atoms with Crippen molar-refractivity contribution in [3.05, 3.63) is 23.9 Å². The molecule has 0 aromatic carbocycles. The smallest absolute Gasteiger partial charge is 0.140 e. The van der Waals surface area contributed by atoms with Gasteiger partial charge in [-0.05, 0) is 19.0 Å². The molecule has 1 aromatic rings. The third-order valence-electron chi connectivity index (χ3n) is 2.44. The molecule has 0 bridgehead atoms. The molecular weight excluding hydrogens is 190 g/mol. The number of Topliss-reactive ketones (excluding diaryl/α,β-unsaturated/α-hetero) is 1. The van der Waals surface area contributed by atoms with Crippen LogP contribution in [-0.4, -0.2) is 17.3 Å². The number of carbonyl (C=O) groups excluding carboxylic acids is 1. The summed E-state index contributed by atoms with van der Waals surface area (Å²) in [5.41, 5.74) is 11.9. The minimum absolute atomic E-state index is 0.00499. The minimum atomic E-state index is -0.00499. The topological polar surface area (TPSA) is 82.0 Å². The Labute approximate surface area is 89.7 Å². The molecular formula is C11H17N3O. The van der Waals surface area contributed by atoms with Crippen molar-refractivity contribution in [3.63, 3.8) is 0 Å². The fourth-order valence-electron chi connectivity index (χ4n) is 1.37. The van der Waals surface area contributed by atoms with E-state index in [1.165, 1.54) is 0 Å². The molecule has 4 nitrogen and oxygen atoms in total. The van der Waals surface area contributed by atoms with Crippen molar-refractivity contribution in [1.82, 2.24) is 4.98 Å². The van der Waals surface area contributed by atoms with Crippen LogP contribution in [0.1, 0.15) is 18.9 Å². The number of nitrogen functional groups attached to an aromatic ring is 1. The van der Waals surface area contributed by atoms with Crippen molar-refractivity contribution in [2.45, 2.75) is 19.8 Å². The summed E-state index contributed by atoms with van der Waals surface area (Å²) in [6, 6.07) is 3.61. The summed E-state index contributed by atoms with van der Waals surface area (Å²) in [5, 5.41) is 0. The fourth-order valence-corrected chi connectivity index (χ4v) is 1.37. The van der Waals surface area contributed by atoms with E-state index >= 15 is 0 Å². The second-order valence-corrected chi connectivity index (χ2v) is 3.67. The second kappa shape index (κ2) is 5.46. The van der Waals surface area contributed by atoms with Gasteiger partial charge in [0, 0.05) is 24.1 Å². The molecule has 4 heteroatoms. The van der Waals surface area contributed by atoms with Crippen LogP contribution in [-0.2, 0) is 11.2 Å². The number of rotatable bonds is 5. The molecule has 0 fully saturated rings. The summed E-state index contributed by atoms with van der Waals surface area (Å²) in [6.07, 6.45) is 2.69. The van der Waals surface area contributed by atoms with E-state index in [4.69, 9.17) is 11.5 Å². The molecule has 15 heavy (non-hydrogen) atoms. The van der Waals surface area contributed by atoms with Gasteiger partial charge in [-0.2, -0.15) is 0 Å². The van der Waals surface area contributed by atoms with Crippen LogP contribution in [0, 0.1) is 5.92 Å². The van der Waals surface area contributed by atoms with E-state index in [0.717, 1.165) is 12.0 Å². The van der Waals surface area contributed by atoms with Gasteiger partial charge in [0.2, 0.25) is 0 Å². The number of nitrogens with two attached hydrogens (primary N) is 2. The maximum atomic E-state index is 11.7. The third-order valence-corrected chi connectivity index (χ3v) is 2.44. The number of hydrogen-bond acceptors (Lipinski definition) is 4. The van der Waals surface area contributed by atoms with Gasteiger partial charge in [0.05, 0.1) is 0 Å². The zero-order chi connectivity index (χ0) is 11.3. The minimum Gasteiger partial charge on any atom is -0.383 e. The van der Waals surface area contributed by atoms with Crippen LogP contribution in [0.3, 0.4) is 0 Å². The van der Waals surface area contributed by atoms with E-state index in [-0.39, 0.29) is 11.7 Å². The quantitative estimate of drug-likeness (QED) is 0.746. The van der Waals surface area contributed by atoms with Crippen LogP contribution in [0.4, 0.5) is 5.82 Å². The van der Waals surface area contributed by atoms with Gasteiger partial charge in [-0.1, -0.05) is 13.0 Å². The van der Waals surface area contributed by atoms with Crippen LogP contribution >= 0.6 is 0 Å². The summed E-state index contributed by atoms with van der Waals surface area (Å²) in [6.45, 7) is 2.43. The highest BCUT2D eigenvalue weighted by molar-refractivity contribution is 5.83. The van der Waals surface area contributed by atoms with Gasteiger partial charge in [-0.3, -0.25) is 4.79 Å². The first kappa shape index (κ1) is 11.7. The lowest BCUT2D eigenvalue weighted by Crippen LogP contribution is -2.18. The summed E-state index contributed by atoms with van der Waals surface area (Å²) >= 11 is 0. The Morgan fingerprint density at radius 1 is 1.60 bits per heavy atom. The Hall–Kier alpha value is -1.42. The SMILES string of the molecule is CC(CCN)C(=O)Cc1cccnc1N. The van der Waals surface area contributed by atoms with E-state index in [1.54, 1.807) is 12.3 Å². The molecule has 1 heterocycles. The number of carbonyl (C=O) groups is 1. The van der Waals surface area contributed by atoms with E-state index in [0.29, 0.717) is 18.8 Å². The molecule has 1 aromatic heterocycles. The van der Waals surface area contributed by atoms with Crippen LogP contribution in [0.25, 0.3) is 0 Å². The molecule has 0 aliphatic carbocycles. The van der Waals surface area contributed by atoms with Crippen molar-refractivity contribution in [2.24, 2.45) is 11.7 Å². The lowest BCUT2D eigenvalue weighted by Gasteiger charge is -2.09. The lowest BCUT2D eigenvalue weighted by molar-refractivity contribution is -0.121. The van der Waals surface area contributed by atoms with Gasteiger partial charge >= 0.3 is 0 Å². The molecule has 0 aliphatic rings. The zero-order valence-electron chi connectivity index (χ0n) is 8.94. The van der Waals surface area contributed by atoms with Crippen molar-refractivity contribution in [3.8, 4) is 0 Å². The molecule has 1 rings (SSSR count). The normalized spacial score (nSPS) is 12.4. The van der Waals surface area contributed by atoms with Gasteiger partial charge in [-0.15, -0.1) is 0 Å². The van der Waals surface area contributed by atoms with Crippen LogP contribution in [0.5, 0.6) is 0 Å². The van der Waals surface area contributed by atoms with E-state index in [9.17, 15) is 4.79 Å². The average Bonchev–Trinajstić information content (AvgIpc) is 2.21. The number of aromatic nitrogens is 1. The lowest BCUT2D eigenvalue weighted by atomic mass is 9.97. The first-order valence-electron chi connectivity index (χ1n) is 5.07. The van der Waals surface area contributed by atoms with Crippen molar-refractivity contribution < 1.29 is 4.79 Å². The number of hydrogen-bond donors (Lipinski definition) is 2. The number of nitrogens with zero attached hydrogens (tertiary/aromatic N) is 1. The number of anilines is 1. The third kappa shape index (κ3) is 3.32. The molecule has 1 atom stereocenters. The summed E-state index contributed by atoms with van der Waals surface area (Å²) < 4.78 is 0. The van der Waals surface area contributed by atoms with Crippen molar-refractivity contribution in [1.29, 1.82) is 0 Å². The first-order chi connectivity index (χ1) is 7.15. The molecule has 1 unspecified atom stereocenters. The fraction of sp³-hybridized carbons (Fsp3) is 0.455. The molecule has 0 spiro atoms.